The highest BCUT2D eigenvalue weighted by atomic mass is 35.5. The molecule has 0 saturated heterocycles. The zero-order chi connectivity index (χ0) is 11.4. The molecular formula is C12H9Cl2OP. The Balaban J connectivity index is 2.09. The largest absolute Gasteiger partial charge is 0.471 e. The molecule has 0 amide bonds. The summed E-state index contributed by atoms with van der Waals surface area (Å²) in [6.07, 6.45) is 0. The van der Waals surface area contributed by atoms with Gasteiger partial charge in [0.1, 0.15) is 14.6 Å². The zero-order valence-electron chi connectivity index (χ0n) is 8.28. The van der Waals surface area contributed by atoms with Crippen LogP contribution in [0, 0.1) is 0 Å². The van der Waals surface area contributed by atoms with Crippen LogP contribution in [0.2, 0.25) is 10.0 Å². The highest BCUT2D eigenvalue weighted by Crippen LogP contribution is 2.29. The van der Waals surface area contributed by atoms with E-state index in [1.54, 1.807) is 6.07 Å². The monoisotopic (exact) mass is 270 g/mol. The second-order valence-electron chi connectivity index (χ2n) is 3.11. The molecule has 0 saturated carbocycles. The molecule has 0 aromatic heterocycles. The van der Waals surface area contributed by atoms with Crippen LogP contribution in [0.25, 0.3) is 0 Å². The maximum absolute atomic E-state index is 6.02. The molecule has 0 radical (unpaired) electrons. The Morgan fingerprint density at radius 3 is 2.12 bits per heavy atom. The van der Waals surface area contributed by atoms with E-state index in [0.717, 1.165) is 5.30 Å². The van der Waals surface area contributed by atoms with E-state index in [1.807, 2.05) is 42.5 Å². The maximum atomic E-state index is 6.02. The number of benzene rings is 2. The van der Waals surface area contributed by atoms with E-state index in [0.29, 0.717) is 15.8 Å². The third-order valence-electron chi connectivity index (χ3n) is 1.98. The van der Waals surface area contributed by atoms with Gasteiger partial charge in [-0.2, -0.15) is 0 Å². The summed E-state index contributed by atoms with van der Waals surface area (Å²) in [7, 11) is 0.161. The minimum atomic E-state index is 0.161. The molecule has 0 aliphatic carbocycles. The average molecular weight is 271 g/mol. The summed E-state index contributed by atoms with van der Waals surface area (Å²) in [6.45, 7) is 0. The van der Waals surface area contributed by atoms with Gasteiger partial charge in [0, 0.05) is 5.30 Å². The summed E-state index contributed by atoms with van der Waals surface area (Å²) in [5, 5.41) is 2.30. The molecule has 2 aromatic rings. The highest BCUT2D eigenvalue weighted by Gasteiger charge is 2.03. The van der Waals surface area contributed by atoms with Gasteiger partial charge in [-0.15, -0.1) is 0 Å². The maximum Gasteiger partial charge on any atom is 0.141 e. The number of hydrogen-bond donors (Lipinski definition) is 0. The van der Waals surface area contributed by atoms with Gasteiger partial charge in [0.05, 0.1) is 10.0 Å². The number of hydrogen-bond acceptors (Lipinski definition) is 1. The zero-order valence-corrected chi connectivity index (χ0v) is 10.8. The van der Waals surface area contributed by atoms with Gasteiger partial charge >= 0.3 is 0 Å². The van der Waals surface area contributed by atoms with Crippen molar-refractivity contribution in [1.29, 1.82) is 0 Å². The van der Waals surface area contributed by atoms with Crippen molar-refractivity contribution < 1.29 is 4.52 Å². The Labute approximate surface area is 106 Å². The fourth-order valence-electron chi connectivity index (χ4n) is 1.18. The molecular weight excluding hydrogens is 262 g/mol. The van der Waals surface area contributed by atoms with Gasteiger partial charge in [-0.25, -0.2) is 0 Å². The summed E-state index contributed by atoms with van der Waals surface area (Å²) in [6, 6.07) is 15.0. The number of halogens is 2. The molecule has 2 aromatic carbocycles. The summed E-state index contributed by atoms with van der Waals surface area (Å²) >= 11 is 12.0. The molecule has 0 aliphatic rings. The molecule has 0 heterocycles. The van der Waals surface area contributed by atoms with Crippen LogP contribution in [0.1, 0.15) is 0 Å². The van der Waals surface area contributed by atoms with Crippen LogP contribution in [0.3, 0.4) is 0 Å². The molecule has 82 valence electrons. The van der Waals surface area contributed by atoms with Gasteiger partial charge in [-0.05, 0) is 24.3 Å². The van der Waals surface area contributed by atoms with E-state index in [1.165, 1.54) is 0 Å². The Kier molecular flexibility index (Phi) is 4.06. The third-order valence-corrected chi connectivity index (χ3v) is 3.76. The van der Waals surface area contributed by atoms with Crippen molar-refractivity contribution in [2.75, 3.05) is 0 Å². The first-order chi connectivity index (χ1) is 7.77. The first-order valence-corrected chi connectivity index (χ1v) is 6.36. The van der Waals surface area contributed by atoms with Gasteiger partial charge in [0.15, 0.2) is 0 Å². The minimum absolute atomic E-state index is 0.161. The first kappa shape index (κ1) is 11.7. The lowest BCUT2D eigenvalue weighted by molar-refractivity contribution is 0.639. The van der Waals surface area contributed by atoms with E-state index < -0.39 is 0 Å². The Bertz CT molecular complexity index is 442. The molecule has 1 unspecified atom stereocenters. The van der Waals surface area contributed by atoms with Crippen molar-refractivity contribution in [3.63, 3.8) is 0 Å². The lowest BCUT2D eigenvalue weighted by atomic mass is 10.3. The molecule has 0 spiro atoms. The van der Waals surface area contributed by atoms with Gasteiger partial charge in [0.25, 0.3) is 0 Å². The Hall–Kier alpha value is -0.750. The Morgan fingerprint density at radius 2 is 1.44 bits per heavy atom. The summed E-state index contributed by atoms with van der Waals surface area (Å²) in [5.74, 6) is 0.683. The van der Waals surface area contributed by atoms with Gasteiger partial charge in [-0.3, -0.25) is 0 Å². The second-order valence-corrected chi connectivity index (χ2v) is 4.88. The molecule has 0 N–H and O–H groups in total. The average Bonchev–Trinajstić information content (AvgIpc) is 2.30. The summed E-state index contributed by atoms with van der Waals surface area (Å²) in [5.41, 5.74) is 0. The molecule has 0 aliphatic heterocycles. The van der Waals surface area contributed by atoms with Crippen molar-refractivity contribution in [2.24, 2.45) is 0 Å². The van der Waals surface area contributed by atoms with Crippen LogP contribution in [-0.2, 0) is 0 Å². The van der Waals surface area contributed by atoms with Crippen LogP contribution < -0.4 is 9.83 Å². The van der Waals surface area contributed by atoms with E-state index in [4.69, 9.17) is 27.7 Å². The van der Waals surface area contributed by atoms with Gasteiger partial charge in [0.2, 0.25) is 0 Å². The quantitative estimate of drug-likeness (QED) is 0.756. The van der Waals surface area contributed by atoms with E-state index in [9.17, 15) is 0 Å². The highest BCUT2D eigenvalue weighted by molar-refractivity contribution is 7.42. The molecule has 1 nitrogen and oxygen atoms in total. The van der Waals surface area contributed by atoms with Crippen LogP contribution >= 0.6 is 32.0 Å². The fourth-order valence-corrected chi connectivity index (χ4v) is 2.41. The second kappa shape index (κ2) is 5.54. The molecule has 0 bridgehead atoms. The fraction of sp³-hybridized carbons (Fsp3) is 0. The van der Waals surface area contributed by atoms with Crippen molar-refractivity contribution in [3.05, 3.63) is 58.6 Å². The van der Waals surface area contributed by atoms with Crippen molar-refractivity contribution >= 4 is 37.3 Å². The predicted octanol–water partition coefficient (Wildman–Crippen LogP) is 4.29. The summed E-state index contributed by atoms with van der Waals surface area (Å²) in [4.78, 5) is 0. The van der Waals surface area contributed by atoms with Crippen LogP contribution in [0.4, 0.5) is 0 Å². The van der Waals surface area contributed by atoms with E-state index in [-0.39, 0.29) is 8.81 Å². The minimum Gasteiger partial charge on any atom is -0.471 e. The summed E-state index contributed by atoms with van der Waals surface area (Å²) < 4.78 is 5.62. The van der Waals surface area contributed by atoms with Crippen molar-refractivity contribution in [3.8, 4) is 5.75 Å². The van der Waals surface area contributed by atoms with Crippen molar-refractivity contribution in [1.82, 2.24) is 0 Å². The molecule has 16 heavy (non-hydrogen) atoms. The third kappa shape index (κ3) is 2.89. The van der Waals surface area contributed by atoms with E-state index in [2.05, 4.69) is 0 Å². The predicted molar refractivity (Wildman–Crippen MR) is 71.5 cm³/mol. The lowest BCUT2D eigenvalue weighted by Crippen LogP contribution is -1.97. The molecule has 1 atom stereocenters. The Morgan fingerprint density at radius 1 is 0.812 bits per heavy atom. The van der Waals surface area contributed by atoms with Gasteiger partial charge in [-0.1, -0.05) is 47.5 Å². The molecule has 2 rings (SSSR count). The normalized spacial score (nSPS) is 10.9. The topological polar surface area (TPSA) is 9.23 Å². The SMILES string of the molecule is Clc1ccccc1OPc1ccccc1Cl. The van der Waals surface area contributed by atoms with Gasteiger partial charge < -0.3 is 4.52 Å². The van der Waals surface area contributed by atoms with Crippen LogP contribution in [0.15, 0.2) is 48.5 Å². The van der Waals surface area contributed by atoms with Crippen molar-refractivity contribution in [2.45, 2.75) is 0 Å². The lowest BCUT2D eigenvalue weighted by Gasteiger charge is -2.08. The smallest absolute Gasteiger partial charge is 0.141 e. The number of rotatable bonds is 3. The first-order valence-electron chi connectivity index (χ1n) is 4.69. The molecule has 0 fully saturated rings. The van der Waals surface area contributed by atoms with Crippen LogP contribution in [-0.4, -0.2) is 0 Å². The van der Waals surface area contributed by atoms with Crippen LogP contribution in [0.5, 0.6) is 5.75 Å². The van der Waals surface area contributed by atoms with E-state index >= 15 is 0 Å². The standard InChI is InChI=1S/C12H9Cl2OP/c13-9-5-1-3-7-11(9)15-16-12-8-4-2-6-10(12)14/h1-8,16H. The number of para-hydroxylation sites is 1. The molecule has 4 heteroatoms.